The van der Waals surface area contributed by atoms with E-state index < -0.39 is 10.0 Å². The number of sulfonamides is 1. The summed E-state index contributed by atoms with van der Waals surface area (Å²) < 4.78 is 27.9. The van der Waals surface area contributed by atoms with Crippen molar-refractivity contribution < 1.29 is 18.0 Å². The van der Waals surface area contributed by atoms with Crippen molar-refractivity contribution >= 4 is 21.7 Å². The molecule has 0 radical (unpaired) electrons. The minimum Gasteiger partial charge on any atom is -0.339 e. The Hall–Kier alpha value is -2.51. The molecule has 1 aliphatic heterocycles. The van der Waals surface area contributed by atoms with Crippen molar-refractivity contribution in [2.24, 2.45) is 5.92 Å². The number of likely N-dealkylation sites (tertiary alicyclic amines) is 1. The van der Waals surface area contributed by atoms with Crippen LogP contribution in [0.15, 0.2) is 53.4 Å². The molecule has 0 bridgehead atoms. The van der Waals surface area contributed by atoms with E-state index in [9.17, 15) is 18.0 Å². The fourth-order valence-electron chi connectivity index (χ4n) is 5.08. The summed E-state index contributed by atoms with van der Waals surface area (Å²) in [6, 6.07) is 14.0. The summed E-state index contributed by atoms with van der Waals surface area (Å²) in [6.45, 7) is 2.97. The van der Waals surface area contributed by atoms with Crippen LogP contribution in [0, 0.1) is 12.8 Å². The molecule has 7 heteroatoms. The van der Waals surface area contributed by atoms with Crippen LogP contribution in [0.2, 0.25) is 0 Å². The minimum absolute atomic E-state index is 0.0169. The number of amides is 1. The number of benzene rings is 2. The highest BCUT2D eigenvalue weighted by atomic mass is 32.2. The molecular formula is C27H34N2O4S. The number of carbonyl (C=O) groups excluding carboxylic acids is 2. The summed E-state index contributed by atoms with van der Waals surface area (Å²) >= 11 is 0. The molecule has 4 rings (SSSR count). The molecule has 6 nitrogen and oxygen atoms in total. The first-order valence-corrected chi connectivity index (χ1v) is 13.7. The average Bonchev–Trinajstić information content (AvgIpc) is 2.88. The van der Waals surface area contributed by atoms with Gasteiger partial charge in [-0.25, -0.2) is 8.42 Å². The quantitative estimate of drug-likeness (QED) is 0.560. The van der Waals surface area contributed by atoms with Gasteiger partial charge in [0.15, 0.2) is 5.78 Å². The summed E-state index contributed by atoms with van der Waals surface area (Å²) in [6.07, 6.45) is 6.23. The van der Waals surface area contributed by atoms with Gasteiger partial charge in [-0.1, -0.05) is 55.2 Å². The van der Waals surface area contributed by atoms with Crippen LogP contribution in [0.4, 0.5) is 0 Å². The molecule has 0 aromatic heterocycles. The van der Waals surface area contributed by atoms with Gasteiger partial charge in [0.2, 0.25) is 10.0 Å². The lowest BCUT2D eigenvalue weighted by Crippen LogP contribution is -2.40. The van der Waals surface area contributed by atoms with Crippen LogP contribution in [-0.2, 0) is 10.0 Å². The van der Waals surface area contributed by atoms with Gasteiger partial charge in [-0.3, -0.25) is 9.59 Å². The van der Waals surface area contributed by atoms with Crippen molar-refractivity contribution in [3.05, 3.63) is 65.2 Å². The Kier molecular flexibility index (Phi) is 7.53. The highest BCUT2D eigenvalue weighted by molar-refractivity contribution is 7.89. The van der Waals surface area contributed by atoms with Gasteiger partial charge in [-0.2, -0.15) is 4.31 Å². The molecule has 2 aromatic carbocycles. The van der Waals surface area contributed by atoms with Gasteiger partial charge in [0.25, 0.3) is 5.91 Å². The first-order valence-electron chi connectivity index (χ1n) is 12.3. The molecular weight excluding hydrogens is 448 g/mol. The number of aryl methyl sites for hydroxylation is 1. The van der Waals surface area contributed by atoms with E-state index >= 15 is 0 Å². The number of piperidine rings is 1. The molecule has 0 N–H and O–H groups in total. The summed E-state index contributed by atoms with van der Waals surface area (Å²) in [7, 11) is -2.01. The summed E-state index contributed by atoms with van der Waals surface area (Å²) in [5, 5.41) is 0. The number of hydrogen-bond acceptors (Lipinski definition) is 4. The van der Waals surface area contributed by atoms with Gasteiger partial charge in [0.05, 0.1) is 4.90 Å². The first kappa shape index (κ1) is 24.6. The molecule has 2 aromatic rings. The molecule has 1 heterocycles. The predicted octanol–water partition coefficient (Wildman–Crippen LogP) is 4.68. The number of hydrogen-bond donors (Lipinski definition) is 0. The van der Waals surface area contributed by atoms with Crippen molar-refractivity contribution in [1.82, 2.24) is 9.21 Å². The topological polar surface area (TPSA) is 74.8 Å². The van der Waals surface area contributed by atoms with E-state index in [0.717, 1.165) is 43.2 Å². The number of carbonyl (C=O) groups is 2. The van der Waals surface area contributed by atoms with Crippen molar-refractivity contribution in [3.8, 4) is 0 Å². The van der Waals surface area contributed by atoms with Gasteiger partial charge in [0, 0.05) is 43.2 Å². The second-order valence-electron chi connectivity index (χ2n) is 9.64. The van der Waals surface area contributed by atoms with Crippen molar-refractivity contribution in [2.45, 2.75) is 62.8 Å². The first-order chi connectivity index (χ1) is 16.3. The normalized spacial score (nSPS) is 18.3. The van der Waals surface area contributed by atoms with Gasteiger partial charge in [0.1, 0.15) is 0 Å². The largest absolute Gasteiger partial charge is 0.339 e. The number of Topliss-reactive ketones (excluding diaryl/α,β-unsaturated/α-hetero) is 1. The van der Waals surface area contributed by atoms with Crippen molar-refractivity contribution in [2.75, 3.05) is 20.1 Å². The molecule has 1 saturated heterocycles. The number of nitrogens with zero attached hydrogens (tertiary/aromatic N) is 2. The monoisotopic (exact) mass is 482 g/mol. The van der Waals surface area contributed by atoms with Crippen LogP contribution >= 0.6 is 0 Å². The van der Waals surface area contributed by atoms with E-state index in [1.807, 2.05) is 31.2 Å². The van der Waals surface area contributed by atoms with Crippen LogP contribution in [0.5, 0.6) is 0 Å². The maximum absolute atomic E-state index is 13.2. The van der Waals surface area contributed by atoms with Crippen molar-refractivity contribution in [3.63, 3.8) is 0 Å². The lowest BCUT2D eigenvalue weighted by Gasteiger charge is -2.32. The lowest BCUT2D eigenvalue weighted by molar-refractivity contribution is 0.0650. The molecule has 2 aliphatic rings. The molecule has 2 fully saturated rings. The van der Waals surface area contributed by atoms with Gasteiger partial charge in [-0.15, -0.1) is 0 Å². The summed E-state index contributed by atoms with van der Waals surface area (Å²) in [5.74, 6) is -0.146. The van der Waals surface area contributed by atoms with E-state index in [4.69, 9.17) is 0 Å². The highest BCUT2D eigenvalue weighted by Crippen LogP contribution is 2.28. The van der Waals surface area contributed by atoms with Crippen LogP contribution in [-0.4, -0.2) is 55.5 Å². The van der Waals surface area contributed by atoms with Gasteiger partial charge >= 0.3 is 0 Å². The Morgan fingerprint density at radius 1 is 0.882 bits per heavy atom. The summed E-state index contributed by atoms with van der Waals surface area (Å²) in [4.78, 5) is 27.9. The molecule has 34 heavy (non-hydrogen) atoms. The van der Waals surface area contributed by atoms with E-state index in [0.29, 0.717) is 31.5 Å². The Morgan fingerprint density at radius 2 is 1.53 bits per heavy atom. The average molecular weight is 483 g/mol. The van der Waals surface area contributed by atoms with Crippen LogP contribution in [0.1, 0.15) is 71.2 Å². The standard InChI is InChI=1S/C27H34N2O4S/c1-20-11-13-21(14-12-20)26(30)22-15-17-29(18-16-22)27(31)23-7-6-10-25(19-23)34(32,33)28(2)24-8-4-3-5-9-24/h6-7,10-14,19,22,24H,3-5,8-9,15-18H2,1-2H3. The third-order valence-electron chi connectivity index (χ3n) is 7.34. The zero-order valence-corrected chi connectivity index (χ0v) is 20.9. The Bertz CT molecular complexity index is 1130. The van der Waals surface area contributed by atoms with E-state index in [2.05, 4.69) is 0 Å². The summed E-state index contributed by atoms with van der Waals surface area (Å²) in [5.41, 5.74) is 2.21. The van der Waals surface area contributed by atoms with Crippen LogP contribution in [0.25, 0.3) is 0 Å². The van der Waals surface area contributed by atoms with E-state index in [1.165, 1.54) is 10.4 Å². The molecule has 182 valence electrons. The number of rotatable bonds is 6. The van der Waals surface area contributed by atoms with Gasteiger partial charge < -0.3 is 4.90 Å². The molecule has 1 amide bonds. The maximum atomic E-state index is 13.2. The van der Waals surface area contributed by atoms with Crippen LogP contribution < -0.4 is 0 Å². The van der Waals surface area contributed by atoms with E-state index in [1.54, 1.807) is 30.1 Å². The zero-order chi connectivity index (χ0) is 24.3. The third kappa shape index (κ3) is 5.26. The zero-order valence-electron chi connectivity index (χ0n) is 20.1. The maximum Gasteiger partial charge on any atom is 0.253 e. The molecule has 0 unspecified atom stereocenters. The molecule has 0 atom stereocenters. The van der Waals surface area contributed by atoms with Crippen LogP contribution in [0.3, 0.4) is 0 Å². The second kappa shape index (κ2) is 10.4. The molecule has 1 aliphatic carbocycles. The van der Waals surface area contributed by atoms with Crippen molar-refractivity contribution in [1.29, 1.82) is 0 Å². The van der Waals surface area contributed by atoms with E-state index in [-0.39, 0.29) is 28.5 Å². The molecule has 1 saturated carbocycles. The number of ketones is 1. The Balaban J connectivity index is 1.41. The smallest absolute Gasteiger partial charge is 0.253 e. The fourth-order valence-corrected chi connectivity index (χ4v) is 6.54. The molecule has 0 spiro atoms. The minimum atomic E-state index is -3.66. The fraction of sp³-hybridized carbons (Fsp3) is 0.481. The third-order valence-corrected chi connectivity index (χ3v) is 9.24. The predicted molar refractivity (Wildman–Crippen MR) is 132 cm³/mol. The van der Waals surface area contributed by atoms with Gasteiger partial charge in [-0.05, 0) is 50.8 Å². The lowest BCUT2D eigenvalue weighted by atomic mass is 9.88. The Morgan fingerprint density at radius 3 is 2.18 bits per heavy atom. The Labute approximate surface area is 203 Å². The highest BCUT2D eigenvalue weighted by Gasteiger charge is 2.31. The SMILES string of the molecule is Cc1ccc(C(=O)C2CCN(C(=O)c3cccc(S(=O)(=O)N(C)C4CCCCC4)c3)CC2)cc1. The second-order valence-corrected chi connectivity index (χ2v) is 11.6.